The molecule has 140 valence electrons. The van der Waals surface area contributed by atoms with E-state index >= 15 is 0 Å². The predicted octanol–water partition coefficient (Wildman–Crippen LogP) is 6.24. The molecule has 0 saturated heterocycles. The van der Waals surface area contributed by atoms with Crippen molar-refractivity contribution in [2.45, 2.75) is 19.8 Å². The number of allylic oxidation sites excluding steroid dienone is 1. The number of carboxylic acid groups (broad SMARTS) is 1. The summed E-state index contributed by atoms with van der Waals surface area (Å²) in [5.74, 6) is -0.940. The Bertz CT molecular complexity index is 966. The number of hydrogen-bond donors (Lipinski definition) is 1. The molecule has 3 aromatic rings. The van der Waals surface area contributed by atoms with Crippen molar-refractivity contribution in [1.29, 1.82) is 0 Å². The van der Waals surface area contributed by atoms with Crippen molar-refractivity contribution in [2.75, 3.05) is 0 Å². The van der Waals surface area contributed by atoms with Crippen molar-refractivity contribution in [2.24, 2.45) is 0 Å². The van der Waals surface area contributed by atoms with Crippen molar-refractivity contribution < 1.29 is 9.90 Å². The lowest BCUT2D eigenvalue weighted by Gasteiger charge is -2.16. The van der Waals surface area contributed by atoms with Crippen LogP contribution >= 0.6 is 0 Å². The minimum atomic E-state index is -0.940. The van der Waals surface area contributed by atoms with Crippen molar-refractivity contribution in [1.82, 2.24) is 0 Å². The Morgan fingerprint density at radius 1 is 0.821 bits per heavy atom. The number of rotatable bonds is 7. The second-order valence-electron chi connectivity index (χ2n) is 6.65. The third kappa shape index (κ3) is 5.08. The third-order valence-corrected chi connectivity index (χ3v) is 4.72. The van der Waals surface area contributed by atoms with Crippen molar-refractivity contribution in [3.05, 3.63) is 119 Å². The quantitative estimate of drug-likeness (QED) is 0.501. The van der Waals surface area contributed by atoms with Crippen molar-refractivity contribution >= 4 is 17.6 Å². The molecule has 0 atom stereocenters. The maximum absolute atomic E-state index is 10.7. The highest BCUT2D eigenvalue weighted by Crippen LogP contribution is 2.30. The molecular weight excluding hydrogens is 344 g/mol. The molecule has 0 unspecified atom stereocenters. The fraction of sp³-hybridized carbons (Fsp3) is 0.115. The lowest BCUT2D eigenvalue weighted by molar-refractivity contribution is -0.131. The highest BCUT2D eigenvalue weighted by Gasteiger charge is 2.11. The molecule has 1 N–H and O–H groups in total. The van der Waals surface area contributed by atoms with E-state index < -0.39 is 5.97 Å². The summed E-state index contributed by atoms with van der Waals surface area (Å²) in [5, 5.41) is 8.82. The molecule has 0 aromatic heterocycles. The lowest BCUT2D eigenvalue weighted by atomic mass is 9.88. The van der Waals surface area contributed by atoms with E-state index in [1.807, 2.05) is 24.3 Å². The zero-order valence-electron chi connectivity index (χ0n) is 16.0. The normalized spacial score (nSPS) is 12.0. The molecule has 3 rings (SSSR count). The highest BCUT2D eigenvalue weighted by molar-refractivity contribution is 5.86. The van der Waals surface area contributed by atoms with Gasteiger partial charge in [0.25, 0.3) is 0 Å². The van der Waals surface area contributed by atoms with E-state index in [0.717, 1.165) is 30.0 Å². The second kappa shape index (κ2) is 9.52. The monoisotopic (exact) mass is 368 g/mol. The van der Waals surface area contributed by atoms with Crippen molar-refractivity contribution in [3.63, 3.8) is 0 Å². The van der Waals surface area contributed by atoms with Crippen LogP contribution in [0, 0.1) is 0 Å². The van der Waals surface area contributed by atoms with Gasteiger partial charge in [-0.15, -0.1) is 0 Å². The van der Waals surface area contributed by atoms with Crippen LogP contribution < -0.4 is 0 Å². The summed E-state index contributed by atoms with van der Waals surface area (Å²) in [7, 11) is 0. The summed E-state index contributed by atoms with van der Waals surface area (Å²) in [5.41, 5.74) is 7.15. The van der Waals surface area contributed by atoms with Crippen LogP contribution in [0.2, 0.25) is 0 Å². The Hall–Kier alpha value is -3.39. The molecule has 0 bridgehead atoms. The first-order valence-electron chi connectivity index (χ1n) is 9.50. The van der Waals surface area contributed by atoms with Gasteiger partial charge in [-0.2, -0.15) is 0 Å². The summed E-state index contributed by atoms with van der Waals surface area (Å²) in [6, 6.07) is 29.1. The van der Waals surface area contributed by atoms with Gasteiger partial charge in [0.15, 0.2) is 0 Å². The number of carbonyl (C=O) groups is 1. The Kier molecular flexibility index (Phi) is 6.59. The molecule has 0 saturated carbocycles. The zero-order chi connectivity index (χ0) is 19.8. The second-order valence-corrected chi connectivity index (χ2v) is 6.65. The summed E-state index contributed by atoms with van der Waals surface area (Å²) in [6.45, 7) is 2.20. The lowest BCUT2D eigenvalue weighted by Crippen LogP contribution is -1.98. The zero-order valence-corrected chi connectivity index (χ0v) is 16.0. The minimum Gasteiger partial charge on any atom is -0.478 e. The number of benzene rings is 3. The summed E-state index contributed by atoms with van der Waals surface area (Å²) in [6.07, 6.45) is 4.64. The average Bonchev–Trinajstić information content (AvgIpc) is 2.74. The van der Waals surface area contributed by atoms with Crippen LogP contribution in [0.25, 0.3) is 11.6 Å². The molecule has 0 fully saturated rings. The summed E-state index contributed by atoms with van der Waals surface area (Å²) in [4.78, 5) is 10.7. The van der Waals surface area contributed by atoms with Gasteiger partial charge in [-0.25, -0.2) is 4.79 Å². The van der Waals surface area contributed by atoms with E-state index in [2.05, 4.69) is 67.6 Å². The fourth-order valence-electron chi connectivity index (χ4n) is 3.34. The Balaban J connectivity index is 2.05. The molecule has 0 radical (unpaired) electrons. The van der Waals surface area contributed by atoms with Gasteiger partial charge in [0.2, 0.25) is 0 Å². The number of aliphatic carboxylic acids is 1. The van der Waals surface area contributed by atoms with Gasteiger partial charge < -0.3 is 5.11 Å². The number of hydrogen-bond acceptors (Lipinski definition) is 1. The molecule has 0 heterocycles. The SMILES string of the molecule is CC/C(Cc1ccccc1)=C(\c1ccccc1)c1ccc(/C=C/C(=O)O)cc1. The van der Waals surface area contributed by atoms with Gasteiger partial charge in [0.1, 0.15) is 0 Å². The molecule has 0 aliphatic carbocycles. The largest absolute Gasteiger partial charge is 0.478 e. The smallest absolute Gasteiger partial charge is 0.328 e. The minimum absolute atomic E-state index is 0.875. The van der Waals surface area contributed by atoms with Gasteiger partial charge in [0, 0.05) is 6.08 Å². The summed E-state index contributed by atoms with van der Waals surface area (Å²) >= 11 is 0. The first-order chi connectivity index (χ1) is 13.7. The van der Waals surface area contributed by atoms with Crippen LogP contribution in [0.15, 0.2) is 96.6 Å². The molecular formula is C26H24O2. The first kappa shape index (κ1) is 19.4. The topological polar surface area (TPSA) is 37.3 Å². The maximum Gasteiger partial charge on any atom is 0.328 e. The first-order valence-corrected chi connectivity index (χ1v) is 9.50. The van der Waals surface area contributed by atoms with Crippen LogP contribution in [-0.4, -0.2) is 11.1 Å². The molecule has 0 amide bonds. The standard InChI is InChI=1S/C26H24O2/c1-2-22(19-21-9-5-3-6-10-21)26(23-11-7-4-8-12-23)24-16-13-20(14-17-24)15-18-25(27)28/h3-18H,2,19H2,1H3,(H,27,28)/b18-15+,26-22-. The van der Waals surface area contributed by atoms with Crippen LogP contribution in [0.1, 0.15) is 35.6 Å². The molecule has 0 aliphatic rings. The van der Waals surface area contributed by atoms with Gasteiger partial charge in [0.05, 0.1) is 0 Å². The summed E-state index contributed by atoms with van der Waals surface area (Å²) < 4.78 is 0. The van der Waals surface area contributed by atoms with E-state index in [4.69, 9.17) is 5.11 Å². The Morgan fingerprint density at radius 3 is 1.96 bits per heavy atom. The molecule has 0 aliphatic heterocycles. The van der Waals surface area contributed by atoms with E-state index in [-0.39, 0.29) is 0 Å². The molecule has 28 heavy (non-hydrogen) atoms. The van der Waals surface area contributed by atoms with Crippen LogP contribution in [0.5, 0.6) is 0 Å². The Labute approximate surface area is 166 Å². The van der Waals surface area contributed by atoms with Gasteiger partial charge in [-0.3, -0.25) is 0 Å². The third-order valence-electron chi connectivity index (χ3n) is 4.72. The highest BCUT2D eigenvalue weighted by atomic mass is 16.4. The van der Waals surface area contributed by atoms with Crippen LogP contribution in [-0.2, 0) is 11.2 Å². The average molecular weight is 368 g/mol. The van der Waals surface area contributed by atoms with Gasteiger partial charge in [-0.05, 0) is 46.7 Å². The van der Waals surface area contributed by atoms with Crippen molar-refractivity contribution in [3.8, 4) is 0 Å². The Morgan fingerprint density at radius 2 is 1.39 bits per heavy atom. The predicted molar refractivity (Wildman–Crippen MR) is 116 cm³/mol. The molecule has 2 nitrogen and oxygen atoms in total. The number of carboxylic acids is 1. The van der Waals surface area contributed by atoms with Gasteiger partial charge >= 0.3 is 5.97 Å². The van der Waals surface area contributed by atoms with E-state index in [9.17, 15) is 4.79 Å². The van der Waals surface area contributed by atoms with E-state index in [1.54, 1.807) is 6.08 Å². The van der Waals surface area contributed by atoms with Crippen LogP contribution in [0.4, 0.5) is 0 Å². The molecule has 3 aromatic carbocycles. The fourth-order valence-corrected chi connectivity index (χ4v) is 3.34. The molecule has 0 spiro atoms. The van der Waals surface area contributed by atoms with Crippen LogP contribution in [0.3, 0.4) is 0 Å². The van der Waals surface area contributed by atoms with Gasteiger partial charge in [-0.1, -0.05) is 97.4 Å². The van der Waals surface area contributed by atoms with E-state index in [0.29, 0.717) is 0 Å². The molecule has 2 heteroatoms. The maximum atomic E-state index is 10.7. The van der Waals surface area contributed by atoms with E-state index in [1.165, 1.54) is 22.3 Å².